The Hall–Kier alpha value is -0.850. The fourth-order valence-electron chi connectivity index (χ4n) is 1.93. The smallest absolute Gasteiger partial charge is 0.362 e. The topological polar surface area (TPSA) is 85.2 Å². The predicted molar refractivity (Wildman–Crippen MR) is 79.2 cm³/mol. The molecule has 0 bridgehead atoms. The van der Waals surface area contributed by atoms with Crippen LogP contribution >= 0.6 is 23.2 Å². The maximum absolute atomic E-state index is 10.8. The van der Waals surface area contributed by atoms with Crippen LogP contribution in [0, 0.1) is 0 Å². The number of nitrogens with zero attached hydrogens (tertiary/aromatic N) is 1. The van der Waals surface area contributed by atoms with Crippen LogP contribution in [-0.4, -0.2) is 47.2 Å². The number of benzene rings is 1. The van der Waals surface area contributed by atoms with Gasteiger partial charge in [-0.25, -0.2) is 10.0 Å². The molecule has 0 saturated heterocycles. The molecule has 0 aliphatic carbocycles. The maximum Gasteiger partial charge on any atom is 0.362 e. The summed E-state index contributed by atoms with van der Waals surface area (Å²) in [6.45, 7) is 0.724. The molecular formula is C13H20Cl2N2O3+2. The van der Waals surface area contributed by atoms with Crippen molar-refractivity contribution in [2.75, 3.05) is 24.8 Å². The Morgan fingerprint density at radius 3 is 2.10 bits per heavy atom. The molecule has 1 unspecified atom stereocenters. The van der Waals surface area contributed by atoms with E-state index in [1.807, 2.05) is 0 Å². The van der Waals surface area contributed by atoms with Crippen LogP contribution in [0.3, 0.4) is 0 Å². The summed E-state index contributed by atoms with van der Waals surface area (Å²) in [5.41, 5.74) is 5.12. The monoisotopic (exact) mass is 322 g/mol. The van der Waals surface area contributed by atoms with Gasteiger partial charge in [-0.3, -0.25) is 0 Å². The molecule has 0 aromatic heterocycles. The van der Waals surface area contributed by atoms with Gasteiger partial charge in [0.2, 0.25) is 0 Å². The number of hydrogen-bond acceptors (Lipinski definition) is 2. The molecule has 0 amide bonds. The van der Waals surface area contributed by atoms with Gasteiger partial charge < -0.3 is 10.8 Å². The van der Waals surface area contributed by atoms with E-state index in [0.29, 0.717) is 37.0 Å². The van der Waals surface area contributed by atoms with Crippen molar-refractivity contribution in [2.45, 2.75) is 12.5 Å². The molecule has 1 atom stereocenters. The summed E-state index contributed by atoms with van der Waals surface area (Å²) in [7, 11) is 0. The summed E-state index contributed by atoms with van der Waals surface area (Å²) >= 11 is 11.4. The van der Waals surface area contributed by atoms with Crippen LogP contribution in [-0.2, 0) is 11.2 Å². The second kappa shape index (κ2) is 7.81. The van der Waals surface area contributed by atoms with Crippen molar-refractivity contribution in [3.05, 3.63) is 29.8 Å². The highest BCUT2D eigenvalue weighted by molar-refractivity contribution is 6.18. The first-order chi connectivity index (χ1) is 9.42. The molecule has 0 fully saturated rings. The number of rotatable bonds is 8. The lowest BCUT2D eigenvalue weighted by atomic mass is 10.1. The van der Waals surface area contributed by atoms with Crippen molar-refractivity contribution >= 4 is 34.9 Å². The van der Waals surface area contributed by atoms with E-state index in [-0.39, 0.29) is 4.65 Å². The molecule has 0 spiro atoms. The van der Waals surface area contributed by atoms with Crippen molar-refractivity contribution in [1.29, 1.82) is 0 Å². The van der Waals surface area contributed by atoms with Crippen LogP contribution in [0.5, 0.6) is 0 Å². The van der Waals surface area contributed by atoms with Crippen LogP contribution < -0.4 is 10.4 Å². The molecule has 0 aliphatic rings. The van der Waals surface area contributed by atoms with Gasteiger partial charge in [0.15, 0.2) is 11.7 Å². The van der Waals surface area contributed by atoms with Crippen LogP contribution in [0.15, 0.2) is 24.3 Å². The summed E-state index contributed by atoms with van der Waals surface area (Å²) < 4.78 is -0.319. The van der Waals surface area contributed by atoms with E-state index in [9.17, 15) is 10.0 Å². The number of carbonyl (C=O) groups is 1. The van der Waals surface area contributed by atoms with Gasteiger partial charge in [0, 0.05) is 18.6 Å². The Balaban J connectivity index is 2.85. The molecule has 0 aliphatic heterocycles. The van der Waals surface area contributed by atoms with Crippen molar-refractivity contribution < 1.29 is 20.8 Å². The third kappa shape index (κ3) is 4.61. The van der Waals surface area contributed by atoms with Gasteiger partial charge >= 0.3 is 5.97 Å². The van der Waals surface area contributed by atoms with Gasteiger partial charge in [-0.15, -0.1) is 27.8 Å². The third-order valence-corrected chi connectivity index (χ3v) is 3.50. The second-order valence-electron chi connectivity index (χ2n) is 4.65. The lowest BCUT2D eigenvalue weighted by Crippen LogP contribution is -2.65. The Bertz CT molecular complexity index is 434. The van der Waals surface area contributed by atoms with Crippen LogP contribution in [0.1, 0.15) is 5.56 Å². The maximum atomic E-state index is 10.8. The summed E-state index contributed by atoms with van der Waals surface area (Å²) in [5, 5.41) is 19.3. The Kier molecular flexibility index (Phi) is 6.71. The van der Waals surface area contributed by atoms with E-state index >= 15 is 0 Å². The first kappa shape index (κ1) is 17.2. The second-order valence-corrected chi connectivity index (χ2v) is 5.41. The Morgan fingerprint density at radius 1 is 1.20 bits per heavy atom. The molecule has 0 heterocycles. The molecular weight excluding hydrogens is 303 g/mol. The van der Waals surface area contributed by atoms with Gasteiger partial charge in [0.05, 0.1) is 11.8 Å². The quantitative estimate of drug-likeness (QED) is 0.380. The van der Waals surface area contributed by atoms with Gasteiger partial charge in [-0.1, -0.05) is 12.1 Å². The minimum atomic E-state index is -0.925. The largest absolute Gasteiger partial charge is 0.477 e. The molecule has 1 aromatic rings. The number of alkyl halides is 2. The number of halogens is 2. The minimum Gasteiger partial charge on any atom is -0.477 e. The van der Waals surface area contributed by atoms with E-state index in [0.717, 1.165) is 5.56 Å². The first-order valence-corrected chi connectivity index (χ1v) is 7.37. The molecule has 112 valence electrons. The van der Waals surface area contributed by atoms with Gasteiger partial charge in [0.25, 0.3) is 0 Å². The van der Waals surface area contributed by atoms with Crippen LogP contribution in [0.25, 0.3) is 0 Å². The Morgan fingerprint density at radius 2 is 1.70 bits per heavy atom. The van der Waals surface area contributed by atoms with Crippen LogP contribution in [0.4, 0.5) is 5.69 Å². The summed E-state index contributed by atoms with van der Waals surface area (Å²) in [6, 6.07) is 6.44. The lowest BCUT2D eigenvalue weighted by Gasteiger charge is -2.28. The standard InChI is InChI=1S/C13H18Cl2N2O3/c14-5-7-17(20,8-6-15)11-3-1-10(2-4-11)9-12(16)13(18)19/h1-4,12,20H,5-9,16H2/p+2. The first-order valence-electron chi connectivity index (χ1n) is 6.30. The zero-order valence-electron chi connectivity index (χ0n) is 11.1. The van der Waals surface area contributed by atoms with Crippen molar-refractivity contribution in [3.63, 3.8) is 0 Å². The molecule has 1 aromatic carbocycles. The number of hydroxylamine groups is 2. The highest BCUT2D eigenvalue weighted by Gasteiger charge is 2.27. The Labute approximate surface area is 128 Å². The molecule has 0 radical (unpaired) electrons. The number of hydrogen-bond donors (Lipinski definition) is 3. The zero-order valence-corrected chi connectivity index (χ0v) is 12.6. The van der Waals surface area contributed by atoms with Gasteiger partial charge in [-0.2, -0.15) is 0 Å². The molecule has 0 saturated carbocycles. The van der Waals surface area contributed by atoms with Crippen molar-refractivity contribution in [1.82, 2.24) is 4.65 Å². The van der Waals surface area contributed by atoms with E-state index < -0.39 is 12.0 Å². The fraction of sp³-hybridized carbons (Fsp3) is 0.462. The number of carboxylic acid groups (broad SMARTS) is 1. The molecule has 5 N–H and O–H groups in total. The average molecular weight is 323 g/mol. The summed E-state index contributed by atoms with van der Waals surface area (Å²) in [6.07, 6.45) is 0.353. The number of aliphatic carboxylic acids is 1. The summed E-state index contributed by atoms with van der Waals surface area (Å²) in [5.74, 6) is -0.296. The van der Waals surface area contributed by atoms with Gasteiger partial charge in [0.1, 0.15) is 13.1 Å². The predicted octanol–water partition coefficient (Wildman–Crippen LogP) is 1.10. The van der Waals surface area contributed by atoms with Crippen molar-refractivity contribution in [2.24, 2.45) is 0 Å². The van der Waals surface area contributed by atoms with Gasteiger partial charge in [-0.05, 0) is 5.56 Å². The van der Waals surface area contributed by atoms with E-state index in [1.54, 1.807) is 24.3 Å². The van der Waals surface area contributed by atoms with E-state index in [1.165, 1.54) is 0 Å². The molecule has 20 heavy (non-hydrogen) atoms. The van der Waals surface area contributed by atoms with Crippen molar-refractivity contribution in [3.8, 4) is 0 Å². The summed E-state index contributed by atoms with van der Waals surface area (Å²) in [4.78, 5) is 10.8. The zero-order chi connectivity index (χ0) is 15.2. The third-order valence-electron chi connectivity index (χ3n) is 3.16. The number of carboxylic acids is 1. The van der Waals surface area contributed by atoms with E-state index in [2.05, 4.69) is 5.73 Å². The molecule has 1 rings (SSSR count). The average Bonchev–Trinajstić information content (AvgIpc) is 2.39. The van der Waals surface area contributed by atoms with E-state index in [4.69, 9.17) is 28.3 Å². The molecule has 5 nitrogen and oxygen atoms in total. The van der Waals surface area contributed by atoms with Crippen LogP contribution in [0.2, 0.25) is 0 Å². The highest BCUT2D eigenvalue weighted by atomic mass is 35.5. The number of quaternary nitrogens is 2. The normalized spacial score (nSPS) is 13.2. The molecule has 7 heteroatoms. The fourth-order valence-corrected chi connectivity index (χ4v) is 2.49. The SMILES string of the molecule is [NH3+]C(Cc1ccc([N+](O)(CCCl)CCCl)cc1)C(=O)O. The minimum absolute atomic E-state index is 0.315. The lowest BCUT2D eigenvalue weighted by molar-refractivity contribution is -0.407. The highest BCUT2D eigenvalue weighted by Crippen LogP contribution is 2.22.